The van der Waals surface area contributed by atoms with Crippen LogP contribution in [0.4, 0.5) is 5.82 Å². The fourth-order valence-electron chi connectivity index (χ4n) is 4.71. The van der Waals surface area contributed by atoms with Crippen LogP contribution < -0.4 is 10.6 Å². The molecule has 0 unspecified atom stereocenters. The van der Waals surface area contributed by atoms with E-state index in [9.17, 15) is 4.79 Å². The summed E-state index contributed by atoms with van der Waals surface area (Å²) in [5.74, 6) is 1.87. The Hall–Kier alpha value is -3.45. The van der Waals surface area contributed by atoms with Gasteiger partial charge in [0, 0.05) is 29.6 Å². The van der Waals surface area contributed by atoms with Crippen molar-refractivity contribution in [3.8, 4) is 5.69 Å². The summed E-state index contributed by atoms with van der Waals surface area (Å²) < 4.78 is 1.85. The van der Waals surface area contributed by atoms with Crippen LogP contribution in [0.15, 0.2) is 54.6 Å². The van der Waals surface area contributed by atoms with Crippen molar-refractivity contribution in [2.75, 3.05) is 18.4 Å². The SMILES string of the molecule is Cc1nn(-c2cccc(Cl)c2)c2nc(C3CCCCC3)nc(NCCNC(=O)c3ccccc3)c12. The van der Waals surface area contributed by atoms with Crippen LogP contribution in [-0.4, -0.2) is 38.7 Å². The Balaban J connectivity index is 1.44. The first-order valence-corrected chi connectivity index (χ1v) is 12.6. The average Bonchev–Trinajstić information content (AvgIpc) is 3.24. The van der Waals surface area contributed by atoms with Gasteiger partial charge in [-0.15, -0.1) is 0 Å². The molecule has 0 radical (unpaired) electrons. The van der Waals surface area contributed by atoms with E-state index in [0.717, 1.165) is 46.9 Å². The average molecular weight is 489 g/mol. The van der Waals surface area contributed by atoms with Gasteiger partial charge in [-0.05, 0) is 50.1 Å². The number of nitrogens with one attached hydrogen (secondary N) is 2. The molecule has 4 aromatic rings. The summed E-state index contributed by atoms with van der Waals surface area (Å²) in [6, 6.07) is 16.9. The van der Waals surface area contributed by atoms with E-state index in [2.05, 4.69) is 10.6 Å². The highest BCUT2D eigenvalue weighted by Gasteiger charge is 2.23. The maximum absolute atomic E-state index is 12.4. The van der Waals surface area contributed by atoms with Crippen molar-refractivity contribution in [1.29, 1.82) is 0 Å². The topological polar surface area (TPSA) is 84.7 Å². The number of hydrogen-bond acceptors (Lipinski definition) is 5. The number of anilines is 1. The fraction of sp³-hybridized carbons (Fsp3) is 0.333. The summed E-state index contributed by atoms with van der Waals surface area (Å²) in [6.07, 6.45) is 5.87. The lowest BCUT2D eigenvalue weighted by Crippen LogP contribution is -2.29. The first-order chi connectivity index (χ1) is 17.1. The van der Waals surface area contributed by atoms with E-state index in [1.54, 1.807) is 12.1 Å². The Morgan fingerprint density at radius 3 is 2.60 bits per heavy atom. The van der Waals surface area contributed by atoms with Gasteiger partial charge in [-0.25, -0.2) is 14.6 Å². The number of aryl methyl sites for hydroxylation is 1. The van der Waals surface area contributed by atoms with Gasteiger partial charge in [0.2, 0.25) is 0 Å². The zero-order chi connectivity index (χ0) is 24.2. The van der Waals surface area contributed by atoms with Crippen LogP contribution in [0.25, 0.3) is 16.7 Å². The molecule has 2 N–H and O–H groups in total. The Morgan fingerprint density at radius 2 is 1.83 bits per heavy atom. The summed E-state index contributed by atoms with van der Waals surface area (Å²) in [5, 5.41) is 12.7. The van der Waals surface area contributed by atoms with E-state index in [1.807, 2.05) is 54.1 Å². The molecular weight excluding hydrogens is 460 g/mol. The second-order valence-electron chi connectivity index (χ2n) is 8.99. The molecule has 0 aliphatic heterocycles. The zero-order valence-corrected chi connectivity index (χ0v) is 20.6. The Morgan fingerprint density at radius 1 is 1.03 bits per heavy atom. The van der Waals surface area contributed by atoms with E-state index in [4.69, 9.17) is 26.7 Å². The lowest BCUT2D eigenvalue weighted by Gasteiger charge is -2.21. The molecule has 180 valence electrons. The molecule has 2 aromatic carbocycles. The first-order valence-electron chi connectivity index (χ1n) is 12.2. The number of rotatable bonds is 7. The zero-order valence-electron chi connectivity index (χ0n) is 19.8. The summed E-state index contributed by atoms with van der Waals surface area (Å²) in [6.45, 7) is 2.98. The van der Waals surface area contributed by atoms with Gasteiger partial charge in [-0.1, -0.05) is 55.1 Å². The van der Waals surface area contributed by atoms with E-state index >= 15 is 0 Å². The number of nitrogens with zero attached hydrogens (tertiary/aromatic N) is 4. The summed E-state index contributed by atoms with van der Waals surface area (Å²) in [4.78, 5) is 22.4. The molecule has 1 fully saturated rings. The predicted molar refractivity (Wildman–Crippen MR) is 139 cm³/mol. The van der Waals surface area contributed by atoms with Crippen LogP contribution >= 0.6 is 11.6 Å². The number of carbonyl (C=O) groups is 1. The van der Waals surface area contributed by atoms with Crippen molar-refractivity contribution >= 4 is 34.4 Å². The molecule has 2 heterocycles. The van der Waals surface area contributed by atoms with Crippen LogP contribution in [0.5, 0.6) is 0 Å². The Bertz CT molecular complexity index is 1330. The van der Waals surface area contributed by atoms with E-state index < -0.39 is 0 Å². The van der Waals surface area contributed by atoms with Crippen molar-refractivity contribution < 1.29 is 4.79 Å². The van der Waals surface area contributed by atoms with Crippen molar-refractivity contribution in [1.82, 2.24) is 25.1 Å². The monoisotopic (exact) mass is 488 g/mol. The number of fused-ring (bicyclic) bond motifs is 1. The summed E-state index contributed by atoms with van der Waals surface area (Å²) in [5.41, 5.74) is 3.13. The standard InChI is InChI=1S/C27H29ClN6O/c1-18-23-25(29-15-16-30-27(35)20-11-6-3-7-12-20)31-24(19-9-4-2-5-10-19)32-26(23)34(33-18)22-14-8-13-21(28)17-22/h3,6-8,11-14,17,19H,2,4-5,9-10,15-16H2,1H3,(H,30,35)(H,29,31,32). The minimum Gasteiger partial charge on any atom is -0.368 e. The minimum atomic E-state index is -0.0897. The lowest BCUT2D eigenvalue weighted by atomic mass is 9.88. The number of aromatic nitrogens is 4. The molecule has 2 aromatic heterocycles. The Labute approximate surface area is 209 Å². The van der Waals surface area contributed by atoms with Crippen LogP contribution in [0.3, 0.4) is 0 Å². The molecular formula is C27H29ClN6O. The number of benzene rings is 2. The maximum Gasteiger partial charge on any atom is 0.251 e. The molecule has 1 amide bonds. The molecule has 7 nitrogen and oxygen atoms in total. The van der Waals surface area contributed by atoms with E-state index in [0.29, 0.717) is 29.6 Å². The molecule has 35 heavy (non-hydrogen) atoms. The molecule has 1 aliphatic carbocycles. The second kappa shape index (κ2) is 10.4. The van der Waals surface area contributed by atoms with Crippen molar-refractivity contribution in [2.45, 2.75) is 44.9 Å². The van der Waals surface area contributed by atoms with Crippen LogP contribution in [0.2, 0.25) is 5.02 Å². The molecule has 0 saturated heterocycles. The van der Waals surface area contributed by atoms with Crippen molar-refractivity contribution in [3.05, 3.63) is 76.7 Å². The van der Waals surface area contributed by atoms with Gasteiger partial charge in [-0.3, -0.25) is 4.79 Å². The molecule has 5 rings (SSSR count). The molecule has 1 saturated carbocycles. The quantitative estimate of drug-likeness (QED) is 0.327. The van der Waals surface area contributed by atoms with Crippen LogP contribution in [0.1, 0.15) is 59.9 Å². The highest BCUT2D eigenvalue weighted by Crippen LogP contribution is 2.34. The lowest BCUT2D eigenvalue weighted by molar-refractivity contribution is 0.0955. The smallest absolute Gasteiger partial charge is 0.251 e. The third kappa shape index (κ3) is 5.15. The van der Waals surface area contributed by atoms with Gasteiger partial charge in [0.25, 0.3) is 5.91 Å². The minimum absolute atomic E-state index is 0.0897. The summed E-state index contributed by atoms with van der Waals surface area (Å²) >= 11 is 6.27. The van der Waals surface area contributed by atoms with Gasteiger partial charge < -0.3 is 10.6 Å². The fourth-order valence-corrected chi connectivity index (χ4v) is 4.89. The van der Waals surface area contributed by atoms with Gasteiger partial charge in [0.05, 0.1) is 16.8 Å². The first kappa shape index (κ1) is 23.3. The molecule has 0 bridgehead atoms. The highest BCUT2D eigenvalue weighted by atomic mass is 35.5. The molecule has 8 heteroatoms. The van der Waals surface area contributed by atoms with Gasteiger partial charge >= 0.3 is 0 Å². The number of halogens is 1. The van der Waals surface area contributed by atoms with Crippen LogP contribution in [0, 0.1) is 6.92 Å². The molecule has 1 aliphatic rings. The number of carbonyl (C=O) groups excluding carboxylic acids is 1. The Kier molecular flexibility index (Phi) is 6.95. The molecule has 0 spiro atoms. The molecule has 0 atom stereocenters. The van der Waals surface area contributed by atoms with Gasteiger partial charge in [0.1, 0.15) is 11.6 Å². The largest absolute Gasteiger partial charge is 0.368 e. The summed E-state index contributed by atoms with van der Waals surface area (Å²) in [7, 11) is 0. The number of hydrogen-bond donors (Lipinski definition) is 2. The van der Waals surface area contributed by atoms with Gasteiger partial charge in [-0.2, -0.15) is 5.10 Å². The van der Waals surface area contributed by atoms with E-state index in [1.165, 1.54) is 19.3 Å². The van der Waals surface area contributed by atoms with Crippen LogP contribution in [-0.2, 0) is 0 Å². The maximum atomic E-state index is 12.4. The third-order valence-electron chi connectivity index (χ3n) is 6.48. The van der Waals surface area contributed by atoms with Gasteiger partial charge in [0.15, 0.2) is 5.65 Å². The predicted octanol–water partition coefficient (Wildman–Crippen LogP) is 5.67. The number of amides is 1. The van der Waals surface area contributed by atoms with Crippen molar-refractivity contribution in [3.63, 3.8) is 0 Å². The van der Waals surface area contributed by atoms with Crippen molar-refractivity contribution in [2.24, 2.45) is 0 Å². The third-order valence-corrected chi connectivity index (χ3v) is 6.72. The van der Waals surface area contributed by atoms with E-state index in [-0.39, 0.29) is 5.91 Å². The normalized spacial score (nSPS) is 14.2. The highest BCUT2D eigenvalue weighted by molar-refractivity contribution is 6.30. The second-order valence-corrected chi connectivity index (χ2v) is 9.43.